The largest absolute Gasteiger partial charge is 0.393 e. The number of rotatable bonds is 3. The zero-order chi connectivity index (χ0) is 16.4. The molecule has 2 amide bonds. The Balaban J connectivity index is 2.01. The number of nitrogens with zero attached hydrogens (tertiary/aromatic N) is 3. The second-order valence-electron chi connectivity index (χ2n) is 6.58. The summed E-state index contributed by atoms with van der Waals surface area (Å²) in [4.78, 5) is 14.3. The standard InChI is InChI=1S/C16H28N4O2/c1-10(2)20-12(4)15(11(3)18-20)17-16(22)19-8-6-14(7-9-19)13(5)21/h10,13-14,21H,6-9H2,1-5H3,(H,17,22)/t13-/m0/s1. The Kier molecular flexibility index (Phi) is 5.11. The van der Waals surface area contributed by atoms with Gasteiger partial charge in [0.1, 0.15) is 0 Å². The van der Waals surface area contributed by atoms with Gasteiger partial charge in [0.15, 0.2) is 0 Å². The third-order valence-corrected chi connectivity index (χ3v) is 4.56. The first-order valence-corrected chi connectivity index (χ1v) is 8.11. The molecule has 1 fully saturated rings. The van der Waals surface area contributed by atoms with Crippen LogP contribution < -0.4 is 5.32 Å². The van der Waals surface area contributed by atoms with E-state index in [1.54, 1.807) is 0 Å². The summed E-state index contributed by atoms with van der Waals surface area (Å²) in [5.41, 5.74) is 2.65. The number of urea groups is 1. The lowest BCUT2D eigenvalue weighted by atomic mass is 9.92. The molecule has 1 aromatic heterocycles. The van der Waals surface area contributed by atoms with Crippen molar-refractivity contribution in [2.24, 2.45) is 5.92 Å². The lowest BCUT2D eigenvalue weighted by Gasteiger charge is -2.33. The lowest BCUT2D eigenvalue weighted by Crippen LogP contribution is -2.43. The van der Waals surface area contributed by atoms with Crippen LogP contribution in [0.15, 0.2) is 0 Å². The van der Waals surface area contributed by atoms with Crippen molar-refractivity contribution in [2.75, 3.05) is 18.4 Å². The van der Waals surface area contributed by atoms with Crippen molar-refractivity contribution < 1.29 is 9.90 Å². The van der Waals surface area contributed by atoms with E-state index in [2.05, 4.69) is 24.3 Å². The molecule has 2 rings (SSSR count). The molecule has 0 radical (unpaired) electrons. The molecule has 1 aliphatic rings. The third kappa shape index (κ3) is 3.43. The second kappa shape index (κ2) is 6.69. The van der Waals surface area contributed by atoms with Gasteiger partial charge in [-0.1, -0.05) is 0 Å². The van der Waals surface area contributed by atoms with Crippen LogP contribution in [-0.4, -0.2) is 45.0 Å². The highest BCUT2D eigenvalue weighted by Gasteiger charge is 2.26. The van der Waals surface area contributed by atoms with Crippen LogP contribution in [0.25, 0.3) is 0 Å². The summed E-state index contributed by atoms with van der Waals surface area (Å²) in [5.74, 6) is 0.302. The number of aromatic nitrogens is 2. The fraction of sp³-hybridized carbons (Fsp3) is 0.750. The van der Waals surface area contributed by atoms with Crippen LogP contribution >= 0.6 is 0 Å². The maximum atomic E-state index is 12.4. The Hall–Kier alpha value is -1.56. The molecule has 6 nitrogen and oxygen atoms in total. The second-order valence-corrected chi connectivity index (χ2v) is 6.58. The van der Waals surface area contributed by atoms with E-state index >= 15 is 0 Å². The van der Waals surface area contributed by atoms with Crippen LogP contribution in [0.2, 0.25) is 0 Å². The Morgan fingerprint density at radius 1 is 1.27 bits per heavy atom. The van der Waals surface area contributed by atoms with Gasteiger partial charge in [-0.2, -0.15) is 5.10 Å². The zero-order valence-electron chi connectivity index (χ0n) is 14.3. The van der Waals surface area contributed by atoms with Gasteiger partial charge in [0.05, 0.1) is 23.2 Å². The van der Waals surface area contributed by atoms with Gasteiger partial charge in [-0.05, 0) is 53.4 Å². The number of amides is 2. The van der Waals surface area contributed by atoms with Crippen molar-refractivity contribution in [1.29, 1.82) is 0 Å². The zero-order valence-corrected chi connectivity index (χ0v) is 14.3. The Morgan fingerprint density at radius 3 is 2.32 bits per heavy atom. The van der Waals surface area contributed by atoms with Crippen molar-refractivity contribution >= 4 is 11.7 Å². The summed E-state index contributed by atoms with van der Waals surface area (Å²) in [7, 11) is 0. The molecule has 22 heavy (non-hydrogen) atoms. The topological polar surface area (TPSA) is 70.4 Å². The summed E-state index contributed by atoms with van der Waals surface area (Å²) in [6, 6.07) is 0.199. The number of anilines is 1. The Morgan fingerprint density at radius 2 is 1.86 bits per heavy atom. The molecule has 0 unspecified atom stereocenters. The van der Waals surface area contributed by atoms with E-state index in [0.29, 0.717) is 19.0 Å². The molecular formula is C16H28N4O2. The Bertz CT molecular complexity index is 528. The normalized spacial score (nSPS) is 17.9. The van der Waals surface area contributed by atoms with Gasteiger partial charge in [0, 0.05) is 19.1 Å². The molecule has 0 bridgehead atoms. The summed E-state index contributed by atoms with van der Waals surface area (Å²) in [5, 5.41) is 17.1. The number of carbonyl (C=O) groups is 1. The number of aliphatic hydroxyl groups excluding tert-OH is 1. The molecule has 0 aliphatic carbocycles. The number of hydrogen-bond donors (Lipinski definition) is 2. The molecule has 0 saturated carbocycles. The minimum absolute atomic E-state index is 0.0708. The van der Waals surface area contributed by atoms with E-state index in [9.17, 15) is 9.90 Å². The number of piperidine rings is 1. The van der Waals surface area contributed by atoms with E-state index in [4.69, 9.17) is 0 Å². The highest BCUT2D eigenvalue weighted by atomic mass is 16.3. The minimum Gasteiger partial charge on any atom is -0.393 e. The van der Waals surface area contributed by atoms with Crippen LogP contribution in [-0.2, 0) is 0 Å². The lowest BCUT2D eigenvalue weighted by molar-refractivity contribution is 0.0820. The predicted octanol–water partition coefficient (Wildman–Crippen LogP) is 2.71. The molecule has 124 valence electrons. The van der Waals surface area contributed by atoms with E-state index in [1.165, 1.54) is 0 Å². The predicted molar refractivity (Wildman–Crippen MR) is 87.1 cm³/mol. The number of hydrogen-bond acceptors (Lipinski definition) is 3. The number of nitrogens with one attached hydrogen (secondary N) is 1. The Labute approximate surface area is 132 Å². The maximum Gasteiger partial charge on any atom is 0.321 e. The molecule has 6 heteroatoms. The first-order valence-electron chi connectivity index (χ1n) is 8.11. The first-order chi connectivity index (χ1) is 10.3. The van der Waals surface area contributed by atoms with Crippen LogP contribution in [0.4, 0.5) is 10.5 Å². The molecule has 1 saturated heterocycles. The number of aliphatic hydroxyl groups is 1. The SMILES string of the molecule is Cc1nn(C(C)C)c(C)c1NC(=O)N1CCC([C@H](C)O)CC1. The maximum absolute atomic E-state index is 12.4. The van der Waals surface area contributed by atoms with Gasteiger partial charge >= 0.3 is 6.03 Å². The van der Waals surface area contributed by atoms with E-state index in [0.717, 1.165) is 29.9 Å². The fourth-order valence-electron chi connectivity index (χ4n) is 3.12. The summed E-state index contributed by atoms with van der Waals surface area (Å²) >= 11 is 0. The molecule has 0 aromatic carbocycles. The average Bonchev–Trinajstić information content (AvgIpc) is 2.75. The average molecular weight is 308 g/mol. The van der Waals surface area contributed by atoms with Crippen molar-refractivity contribution in [3.8, 4) is 0 Å². The number of likely N-dealkylation sites (tertiary alicyclic amines) is 1. The van der Waals surface area contributed by atoms with Gasteiger partial charge in [-0.15, -0.1) is 0 Å². The van der Waals surface area contributed by atoms with Gasteiger partial charge in [-0.3, -0.25) is 4.68 Å². The van der Waals surface area contributed by atoms with Gasteiger partial charge in [0.2, 0.25) is 0 Å². The molecule has 2 N–H and O–H groups in total. The van der Waals surface area contributed by atoms with Gasteiger partial charge in [0.25, 0.3) is 0 Å². The molecular weight excluding hydrogens is 280 g/mol. The van der Waals surface area contributed by atoms with Crippen LogP contribution in [0.1, 0.15) is 51.0 Å². The molecule has 2 heterocycles. The third-order valence-electron chi connectivity index (χ3n) is 4.56. The van der Waals surface area contributed by atoms with Crippen molar-refractivity contribution in [1.82, 2.24) is 14.7 Å². The van der Waals surface area contributed by atoms with Crippen molar-refractivity contribution in [3.63, 3.8) is 0 Å². The van der Waals surface area contributed by atoms with Gasteiger partial charge < -0.3 is 15.3 Å². The molecule has 1 aromatic rings. The van der Waals surface area contributed by atoms with E-state index in [1.807, 2.05) is 30.4 Å². The van der Waals surface area contributed by atoms with Gasteiger partial charge in [-0.25, -0.2) is 4.79 Å². The monoisotopic (exact) mass is 308 g/mol. The number of aryl methyl sites for hydroxylation is 1. The summed E-state index contributed by atoms with van der Waals surface area (Å²) in [6.07, 6.45) is 1.42. The van der Waals surface area contributed by atoms with Crippen LogP contribution in [0.3, 0.4) is 0 Å². The smallest absolute Gasteiger partial charge is 0.321 e. The highest BCUT2D eigenvalue weighted by Crippen LogP contribution is 2.24. The molecule has 1 aliphatic heterocycles. The number of carbonyl (C=O) groups excluding carboxylic acids is 1. The van der Waals surface area contributed by atoms with Crippen molar-refractivity contribution in [2.45, 2.75) is 59.6 Å². The van der Waals surface area contributed by atoms with Crippen LogP contribution in [0, 0.1) is 19.8 Å². The molecule has 1 atom stereocenters. The first kappa shape index (κ1) is 16.8. The van der Waals surface area contributed by atoms with E-state index in [-0.39, 0.29) is 18.2 Å². The van der Waals surface area contributed by atoms with Crippen molar-refractivity contribution in [3.05, 3.63) is 11.4 Å². The molecule has 0 spiro atoms. The summed E-state index contributed by atoms with van der Waals surface area (Å²) in [6.45, 7) is 11.3. The van der Waals surface area contributed by atoms with E-state index < -0.39 is 0 Å². The van der Waals surface area contributed by atoms with Crippen LogP contribution in [0.5, 0.6) is 0 Å². The fourth-order valence-corrected chi connectivity index (χ4v) is 3.12. The summed E-state index contributed by atoms with van der Waals surface area (Å²) < 4.78 is 1.94. The minimum atomic E-state index is -0.293. The highest BCUT2D eigenvalue weighted by molar-refractivity contribution is 5.90. The quantitative estimate of drug-likeness (QED) is 0.902.